The molecule has 0 atom stereocenters. The van der Waals surface area contributed by atoms with Crippen LogP contribution in [0.25, 0.3) is 0 Å². The van der Waals surface area contributed by atoms with Crippen molar-refractivity contribution in [3.63, 3.8) is 0 Å². The molecule has 0 unspecified atom stereocenters. The number of benzene rings is 2. The number of halogens is 2. The van der Waals surface area contributed by atoms with Crippen molar-refractivity contribution >= 4 is 29.3 Å². The van der Waals surface area contributed by atoms with Crippen LogP contribution in [0.5, 0.6) is 0 Å². The molecule has 0 saturated heterocycles. The summed E-state index contributed by atoms with van der Waals surface area (Å²) < 4.78 is 27.3. The van der Waals surface area contributed by atoms with Gasteiger partial charge in [0.2, 0.25) is 5.91 Å². The highest BCUT2D eigenvalue weighted by Crippen LogP contribution is 2.23. The van der Waals surface area contributed by atoms with Gasteiger partial charge in [0, 0.05) is 18.7 Å². The van der Waals surface area contributed by atoms with Crippen LogP contribution in [0.15, 0.2) is 36.4 Å². The summed E-state index contributed by atoms with van der Waals surface area (Å²) in [5.74, 6) is -3.11. The summed E-state index contributed by atoms with van der Waals surface area (Å²) in [6.07, 6.45) is -1.73. The van der Waals surface area contributed by atoms with Crippen LogP contribution < -0.4 is 16.0 Å². The Bertz CT molecular complexity index is 902. The van der Waals surface area contributed by atoms with Gasteiger partial charge in [0.1, 0.15) is 11.6 Å². The van der Waals surface area contributed by atoms with E-state index in [4.69, 9.17) is 5.73 Å². The van der Waals surface area contributed by atoms with E-state index in [1.165, 1.54) is 25.1 Å². The summed E-state index contributed by atoms with van der Waals surface area (Å²) in [6.45, 7) is 1.23. The number of rotatable bonds is 6. The second kappa shape index (κ2) is 8.26. The van der Waals surface area contributed by atoms with Crippen molar-refractivity contribution in [1.82, 2.24) is 0 Å². The zero-order valence-electron chi connectivity index (χ0n) is 14.3. The Morgan fingerprint density at radius 1 is 1.19 bits per heavy atom. The zero-order chi connectivity index (χ0) is 20.1. The fraction of sp³-hybridized carbons (Fsp3) is 0.167. The van der Waals surface area contributed by atoms with Crippen molar-refractivity contribution in [3.05, 3.63) is 59.2 Å². The van der Waals surface area contributed by atoms with Crippen LogP contribution in [0, 0.1) is 18.6 Å². The predicted molar refractivity (Wildman–Crippen MR) is 94.7 cm³/mol. The third-order valence-electron chi connectivity index (χ3n) is 3.79. The van der Waals surface area contributed by atoms with E-state index in [2.05, 4.69) is 5.32 Å². The van der Waals surface area contributed by atoms with Gasteiger partial charge >= 0.3 is 6.09 Å². The SMILES string of the molecule is Cc1ccc(F)c(NC(=O)CCN(C(=O)O)c2cccc(F)c2)c1C(N)=O. The van der Waals surface area contributed by atoms with E-state index >= 15 is 0 Å². The maximum atomic E-state index is 14.0. The molecule has 4 N–H and O–H groups in total. The molecule has 2 aromatic carbocycles. The molecule has 0 radical (unpaired) electrons. The first-order chi connectivity index (χ1) is 12.7. The summed E-state index contributed by atoms with van der Waals surface area (Å²) >= 11 is 0. The molecule has 0 aliphatic carbocycles. The Kier molecular flexibility index (Phi) is 6.07. The van der Waals surface area contributed by atoms with E-state index in [0.29, 0.717) is 5.56 Å². The van der Waals surface area contributed by atoms with Crippen LogP contribution in [0.1, 0.15) is 22.3 Å². The van der Waals surface area contributed by atoms with Crippen molar-refractivity contribution in [3.8, 4) is 0 Å². The molecular weight excluding hydrogens is 360 g/mol. The van der Waals surface area contributed by atoms with Crippen molar-refractivity contribution in [2.75, 3.05) is 16.8 Å². The molecule has 0 aromatic heterocycles. The quantitative estimate of drug-likeness (QED) is 0.718. The average molecular weight is 377 g/mol. The molecule has 2 aromatic rings. The monoisotopic (exact) mass is 377 g/mol. The molecule has 0 aliphatic rings. The maximum absolute atomic E-state index is 14.0. The summed E-state index contributed by atoms with van der Waals surface area (Å²) in [6, 6.07) is 7.30. The van der Waals surface area contributed by atoms with Gasteiger partial charge in [0.05, 0.1) is 11.3 Å². The number of primary amides is 1. The number of nitrogens with zero attached hydrogens (tertiary/aromatic N) is 1. The number of carboxylic acid groups (broad SMARTS) is 1. The standard InChI is InChI=1S/C18H17F2N3O4/c1-10-5-6-13(20)16(15(10)17(21)25)22-14(24)7-8-23(18(26)27)12-4-2-3-11(19)9-12/h2-6,9H,7-8H2,1H3,(H2,21,25)(H,22,24)(H,26,27). The minimum absolute atomic E-state index is 0.0508. The van der Waals surface area contributed by atoms with Gasteiger partial charge in [0.25, 0.3) is 5.91 Å². The summed E-state index contributed by atoms with van der Waals surface area (Å²) in [5.41, 5.74) is 5.14. The first-order valence-corrected chi connectivity index (χ1v) is 7.85. The first-order valence-electron chi connectivity index (χ1n) is 7.85. The number of hydrogen-bond donors (Lipinski definition) is 3. The lowest BCUT2D eigenvalue weighted by Crippen LogP contribution is -2.33. The van der Waals surface area contributed by atoms with E-state index in [-0.39, 0.29) is 29.9 Å². The van der Waals surface area contributed by atoms with Gasteiger partial charge in [-0.25, -0.2) is 13.6 Å². The van der Waals surface area contributed by atoms with Gasteiger partial charge in [0.15, 0.2) is 0 Å². The number of nitrogens with two attached hydrogens (primary N) is 1. The zero-order valence-corrected chi connectivity index (χ0v) is 14.3. The lowest BCUT2D eigenvalue weighted by Gasteiger charge is -2.19. The van der Waals surface area contributed by atoms with Gasteiger partial charge in [-0.3, -0.25) is 14.5 Å². The van der Waals surface area contributed by atoms with E-state index in [0.717, 1.165) is 23.1 Å². The summed E-state index contributed by atoms with van der Waals surface area (Å²) in [4.78, 5) is 35.8. The largest absolute Gasteiger partial charge is 0.465 e. The van der Waals surface area contributed by atoms with Crippen LogP contribution in [0.4, 0.5) is 25.0 Å². The molecule has 0 saturated carbocycles. The number of aryl methyl sites for hydroxylation is 1. The first kappa shape index (κ1) is 19.8. The van der Waals surface area contributed by atoms with E-state index in [1.807, 2.05) is 0 Å². The van der Waals surface area contributed by atoms with E-state index in [1.54, 1.807) is 0 Å². The summed E-state index contributed by atoms with van der Waals surface area (Å²) in [7, 11) is 0. The topological polar surface area (TPSA) is 113 Å². The van der Waals surface area contributed by atoms with Gasteiger partial charge in [-0.2, -0.15) is 0 Å². The lowest BCUT2D eigenvalue weighted by atomic mass is 10.1. The average Bonchev–Trinajstić information content (AvgIpc) is 2.58. The van der Waals surface area contributed by atoms with Crippen LogP contribution in [-0.4, -0.2) is 29.6 Å². The minimum Gasteiger partial charge on any atom is -0.465 e. The molecule has 142 valence electrons. The number of anilines is 2. The van der Waals surface area contributed by atoms with Crippen molar-refractivity contribution in [2.24, 2.45) is 5.73 Å². The summed E-state index contributed by atoms with van der Waals surface area (Å²) in [5, 5.41) is 11.5. The Morgan fingerprint density at radius 3 is 2.48 bits per heavy atom. The molecule has 0 bridgehead atoms. The number of carbonyl (C=O) groups excluding carboxylic acids is 2. The fourth-order valence-electron chi connectivity index (χ4n) is 2.52. The van der Waals surface area contributed by atoms with Crippen LogP contribution >= 0.6 is 0 Å². The number of nitrogens with one attached hydrogen (secondary N) is 1. The third-order valence-corrected chi connectivity index (χ3v) is 3.79. The molecule has 27 heavy (non-hydrogen) atoms. The molecule has 7 nitrogen and oxygen atoms in total. The van der Waals surface area contributed by atoms with Gasteiger partial charge in [-0.1, -0.05) is 12.1 Å². The van der Waals surface area contributed by atoms with Gasteiger partial charge < -0.3 is 16.2 Å². The molecule has 9 heteroatoms. The van der Waals surface area contributed by atoms with Gasteiger partial charge in [-0.15, -0.1) is 0 Å². The second-order valence-electron chi connectivity index (χ2n) is 5.69. The smallest absolute Gasteiger partial charge is 0.411 e. The molecule has 0 heterocycles. The Morgan fingerprint density at radius 2 is 1.89 bits per heavy atom. The second-order valence-corrected chi connectivity index (χ2v) is 5.69. The van der Waals surface area contributed by atoms with Crippen molar-refractivity contribution < 1.29 is 28.3 Å². The predicted octanol–water partition coefficient (Wildman–Crippen LogP) is 2.89. The van der Waals surface area contributed by atoms with E-state index < -0.39 is 29.5 Å². The molecule has 0 fully saturated rings. The van der Waals surface area contributed by atoms with Crippen molar-refractivity contribution in [2.45, 2.75) is 13.3 Å². The Balaban J connectivity index is 2.15. The number of amides is 3. The van der Waals surface area contributed by atoms with Crippen LogP contribution in [0.3, 0.4) is 0 Å². The minimum atomic E-state index is -1.38. The normalized spacial score (nSPS) is 10.3. The highest BCUT2D eigenvalue weighted by atomic mass is 19.1. The third kappa shape index (κ3) is 4.78. The Hall–Kier alpha value is -3.49. The fourth-order valence-corrected chi connectivity index (χ4v) is 2.52. The Labute approximate surface area is 153 Å². The van der Waals surface area contributed by atoms with Crippen LogP contribution in [0.2, 0.25) is 0 Å². The molecule has 2 rings (SSSR count). The maximum Gasteiger partial charge on any atom is 0.411 e. The molecular formula is C18H17F2N3O4. The number of hydrogen-bond acceptors (Lipinski definition) is 3. The molecule has 0 spiro atoms. The highest BCUT2D eigenvalue weighted by Gasteiger charge is 2.20. The molecule has 3 amide bonds. The molecule has 0 aliphatic heterocycles. The highest BCUT2D eigenvalue weighted by molar-refractivity contribution is 6.04. The number of carbonyl (C=O) groups is 3. The van der Waals surface area contributed by atoms with E-state index in [9.17, 15) is 28.3 Å². The van der Waals surface area contributed by atoms with Crippen LogP contribution in [-0.2, 0) is 4.79 Å². The lowest BCUT2D eigenvalue weighted by molar-refractivity contribution is -0.116. The van der Waals surface area contributed by atoms with Gasteiger partial charge in [-0.05, 0) is 36.8 Å². The van der Waals surface area contributed by atoms with Crippen molar-refractivity contribution in [1.29, 1.82) is 0 Å².